The van der Waals surface area contributed by atoms with Crippen LogP contribution in [0.2, 0.25) is 0 Å². The Hall–Kier alpha value is -2.00. The molecule has 3 fully saturated rings. The molecule has 9 heteroatoms. The molecule has 1 aromatic heterocycles. The molecule has 4 N–H and O–H groups in total. The van der Waals surface area contributed by atoms with E-state index in [2.05, 4.69) is 25.8 Å². The summed E-state index contributed by atoms with van der Waals surface area (Å²) >= 11 is 0. The zero-order valence-electron chi connectivity index (χ0n) is 14.6. The van der Waals surface area contributed by atoms with Crippen LogP contribution in [-0.4, -0.2) is 63.9 Å². The van der Waals surface area contributed by atoms with Crippen molar-refractivity contribution >= 4 is 11.8 Å². The van der Waals surface area contributed by atoms with Crippen molar-refractivity contribution in [3.63, 3.8) is 0 Å². The number of nitrogens with one attached hydrogen (secondary N) is 2. The van der Waals surface area contributed by atoms with Gasteiger partial charge in [0.25, 0.3) is 0 Å². The minimum absolute atomic E-state index is 0.0395. The van der Waals surface area contributed by atoms with E-state index in [-0.39, 0.29) is 17.7 Å². The quantitative estimate of drug-likeness (QED) is 0.527. The predicted molar refractivity (Wildman–Crippen MR) is 91.2 cm³/mol. The van der Waals surface area contributed by atoms with Crippen LogP contribution >= 0.6 is 0 Å². The Morgan fingerprint density at radius 1 is 1.36 bits per heavy atom. The van der Waals surface area contributed by atoms with Gasteiger partial charge in [-0.05, 0) is 25.3 Å². The third-order valence-corrected chi connectivity index (χ3v) is 5.21. The fraction of sp³-hybridized carbons (Fsp3) is 0.750. The van der Waals surface area contributed by atoms with E-state index in [9.17, 15) is 9.59 Å². The van der Waals surface area contributed by atoms with Gasteiger partial charge >= 0.3 is 0 Å². The minimum Gasteiger partial charge on any atom is -0.355 e. The molecule has 2 bridgehead atoms. The monoisotopic (exact) mass is 349 g/mol. The van der Waals surface area contributed by atoms with E-state index >= 15 is 0 Å². The molecule has 0 radical (unpaired) electrons. The van der Waals surface area contributed by atoms with Crippen molar-refractivity contribution in [2.45, 2.75) is 38.9 Å². The summed E-state index contributed by atoms with van der Waals surface area (Å²) in [5.41, 5.74) is 6.38. The van der Waals surface area contributed by atoms with Gasteiger partial charge in [0, 0.05) is 45.3 Å². The van der Waals surface area contributed by atoms with Gasteiger partial charge in [-0.2, -0.15) is 0 Å². The van der Waals surface area contributed by atoms with Gasteiger partial charge in [0.2, 0.25) is 11.8 Å². The lowest BCUT2D eigenvalue weighted by Gasteiger charge is -2.49. The van der Waals surface area contributed by atoms with Gasteiger partial charge in [-0.15, -0.1) is 5.10 Å². The second kappa shape index (κ2) is 7.92. The van der Waals surface area contributed by atoms with Gasteiger partial charge in [-0.25, -0.2) is 0 Å². The van der Waals surface area contributed by atoms with Gasteiger partial charge < -0.3 is 16.4 Å². The Morgan fingerprint density at radius 2 is 2.16 bits per heavy atom. The van der Waals surface area contributed by atoms with Crippen LogP contribution in [0.1, 0.15) is 25.5 Å². The number of amides is 2. The molecule has 1 aromatic rings. The first-order valence-corrected chi connectivity index (χ1v) is 8.92. The first-order chi connectivity index (χ1) is 12.1. The van der Waals surface area contributed by atoms with Gasteiger partial charge in [-0.1, -0.05) is 5.21 Å². The standard InChI is InChI=1S/C16H27N7O2/c1-11(24)18-3-4-19-16(25)15-10-22-5-2-12(15)6-14(22)9-23-8-13(7-17)20-21-23/h8,12,14-15H,2-7,9-10,17H2,1H3,(H,18,24)(H,19,25)/t12?,14-,15+/m1/s1. The number of hydrogen-bond donors (Lipinski definition) is 3. The number of piperidine rings is 3. The van der Waals surface area contributed by atoms with Crippen LogP contribution in [0, 0.1) is 11.8 Å². The molecule has 0 aliphatic carbocycles. The van der Waals surface area contributed by atoms with E-state index in [0.29, 0.717) is 31.6 Å². The van der Waals surface area contributed by atoms with Gasteiger partial charge in [0.05, 0.1) is 18.2 Å². The molecule has 0 saturated carbocycles. The largest absolute Gasteiger partial charge is 0.355 e. The van der Waals surface area contributed by atoms with Crippen molar-refractivity contribution in [3.8, 4) is 0 Å². The molecule has 9 nitrogen and oxygen atoms in total. The lowest BCUT2D eigenvalue weighted by atomic mass is 9.75. The van der Waals surface area contributed by atoms with E-state index in [1.165, 1.54) is 6.92 Å². The Bertz CT molecular complexity index is 617. The van der Waals surface area contributed by atoms with Crippen LogP contribution in [0.15, 0.2) is 6.20 Å². The molecular formula is C16H27N7O2. The molecule has 25 heavy (non-hydrogen) atoms. The lowest BCUT2D eigenvalue weighted by molar-refractivity contribution is -0.133. The molecule has 3 aliphatic heterocycles. The Morgan fingerprint density at radius 3 is 2.80 bits per heavy atom. The summed E-state index contributed by atoms with van der Waals surface area (Å²) in [5.74, 6) is 0.474. The number of aromatic nitrogens is 3. The van der Waals surface area contributed by atoms with Crippen molar-refractivity contribution in [2.24, 2.45) is 17.6 Å². The van der Waals surface area contributed by atoms with Crippen LogP contribution < -0.4 is 16.4 Å². The summed E-state index contributed by atoms with van der Waals surface area (Å²) in [7, 11) is 0. The summed E-state index contributed by atoms with van der Waals surface area (Å²) < 4.78 is 1.86. The number of hydrogen-bond acceptors (Lipinski definition) is 6. The van der Waals surface area contributed by atoms with Crippen molar-refractivity contribution in [2.75, 3.05) is 26.2 Å². The summed E-state index contributed by atoms with van der Waals surface area (Å²) in [5, 5.41) is 13.8. The smallest absolute Gasteiger partial charge is 0.224 e. The molecule has 138 valence electrons. The summed E-state index contributed by atoms with van der Waals surface area (Å²) in [6, 6.07) is 0.398. The van der Waals surface area contributed by atoms with E-state index in [1.807, 2.05) is 10.9 Å². The number of carbonyl (C=O) groups excluding carboxylic acids is 2. The van der Waals surface area contributed by atoms with E-state index in [4.69, 9.17) is 5.73 Å². The van der Waals surface area contributed by atoms with Gasteiger partial charge in [0.1, 0.15) is 0 Å². The molecule has 3 saturated heterocycles. The maximum atomic E-state index is 12.4. The zero-order valence-corrected chi connectivity index (χ0v) is 14.6. The van der Waals surface area contributed by atoms with Crippen molar-refractivity contribution in [3.05, 3.63) is 11.9 Å². The first kappa shape index (κ1) is 17.8. The highest BCUT2D eigenvalue weighted by Gasteiger charge is 2.43. The average molecular weight is 349 g/mol. The second-order valence-corrected chi connectivity index (χ2v) is 6.95. The highest BCUT2D eigenvalue weighted by molar-refractivity contribution is 5.79. The van der Waals surface area contributed by atoms with Crippen molar-refractivity contribution in [1.82, 2.24) is 30.5 Å². The third kappa shape index (κ3) is 4.35. The zero-order chi connectivity index (χ0) is 17.8. The molecule has 3 aliphatic rings. The molecule has 2 amide bonds. The Balaban J connectivity index is 1.49. The maximum absolute atomic E-state index is 12.4. The fourth-order valence-corrected chi connectivity index (χ4v) is 3.92. The average Bonchev–Trinajstić information content (AvgIpc) is 3.06. The van der Waals surface area contributed by atoms with E-state index < -0.39 is 0 Å². The van der Waals surface area contributed by atoms with Crippen molar-refractivity contribution < 1.29 is 9.59 Å². The number of carbonyl (C=O) groups is 2. The molecule has 2 unspecified atom stereocenters. The summed E-state index contributed by atoms with van der Waals surface area (Å²) in [4.78, 5) is 25.7. The molecular weight excluding hydrogens is 322 g/mol. The lowest BCUT2D eigenvalue weighted by Crippen LogP contribution is -2.58. The predicted octanol–water partition coefficient (Wildman–Crippen LogP) is -1.30. The van der Waals surface area contributed by atoms with Crippen LogP contribution in [0.3, 0.4) is 0 Å². The Kier molecular flexibility index (Phi) is 5.64. The van der Waals surface area contributed by atoms with Crippen LogP contribution in [0.25, 0.3) is 0 Å². The van der Waals surface area contributed by atoms with Crippen LogP contribution in [0.4, 0.5) is 0 Å². The van der Waals surface area contributed by atoms with Gasteiger partial charge in [-0.3, -0.25) is 19.2 Å². The van der Waals surface area contributed by atoms with Gasteiger partial charge in [0.15, 0.2) is 0 Å². The molecule has 4 heterocycles. The first-order valence-electron chi connectivity index (χ1n) is 8.92. The SMILES string of the molecule is CC(=O)NCCNC(=O)[C@H]1CN2CCC1C[C@@H]2Cn1cc(CN)nn1. The topological polar surface area (TPSA) is 118 Å². The molecule has 4 rings (SSSR count). The maximum Gasteiger partial charge on any atom is 0.224 e. The molecule has 0 spiro atoms. The summed E-state index contributed by atoms with van der Waals surface area (Å²) in [6.07, 6.45) is 3.96. The van der Waals surface area contributed by atoms with Crippen molar-refractivity contribution in [1.29, 1.82) is 0 Å². The number of fused-ring (bicyclic) bond motifs is 3. The van der Waals surface area contributed by atoms with E-state index in [0.717, 1.165) is 38.2 Å². The Labute approximate surface area is 147 Å². The number of nitrogens with two attached hydrogens (primary N) is 1. The highest BCUT2D eigenvalue weighted by atomic mass is 16.2. The third-order valence-electron chi connectivity index (χ3n) is 5.21. The van der Waals surface area contributed by atoms with E-state index in [1.54, 1.807) is 0 Å². The van der Waals surface area contributed by atoms with Crippen LogP contribution in [-0.2, 0) is 22.7 Å². The molecule has 0 aromatic carbocycles. The second-order valence-electron chi connectivity index (χ2n) is 6.95. The van der Waals surface area contributed by atoms with Crippen LogP contribution in [0.5, 0.6) is 0 Å². The normalized spacial score (nSPS) is 27.9. The summed E-state index contributed by atoms with van der Waals surface area (Å²) in [6.45, 7) is 5.44. The number of rotatable bonds is 7. The molecule has 4 atom stereocenters. The highest BCUT2D eigenvalue weighted by Crippen LogP contribution is 2.36. The number of nitrogens with zero attached hydrogens (tertiary/aromatic N) is 4. The fourth-order valence-electron chi connectivity index (χ4n) is 3.92. The minimum atomic E-state index is -0.0779.